The van der Waals surface area contributed by atoms with E-state index in [1.165, 1.54) is 24.3 Å². The number of ether oxygens (including phenoxy) is 1. The van der Waals surface area contributed by atoms with Gasteiger partial charge in [0.2, 0.25) is 0 Å². The first-order valence-corrected chi connectivity index (χ1v) is 9.38. The first-order valence-electron chi connectivity index (χ1n) is 9.38. The molecule has 0 saturated carbocycles. The number of carboxylic acid groups (broad SMARTS) is 1. The fraction of sp³-hybridized carbons (Fsp3) is 0.200. The maximum Gasteiger partial charge on any atom is 0.337 e. The third-order valence-electron chi connectivity index (χ3n) is 4.57. The molecule has 0 unspecified atom stereocenters. The number of halogens is 1. The van der Waals surface area contributed by atoms with Crippen LogP contribution in [0.25, 0.3) is 0 Å². The Morgan fingerprint density at radius 1 is 1.10 bits per heavy atom. The zero-order valence-corrected chi connectivity index (χ0v) is 16.2. The summed E-state index contributed by atoms with van der Waals surface area (Å²) in [6.45, 7) is 2.17. The number of aromatic carboxylic acids is 1. The molecule has 1 amide bonds. The van der Waals surface area contributed by atoms with Crippen molar-refractivity contribution in [3.05, 3.63) is 59.7 Å². The number of aromatic nitrogens is 2. The van der Waals surface area contributed by atoms with Crippen LogP contribution in [0.2, 0.25) is 0 Å². The van der Waals surface area contributed by atoms with Crippen molar-refractivity contribution in [2.75, 3.05) is 41.8 Å². The van der Waals surface area contributed by atoms with E-state index in [0.29, 0.717) is 32.0 Å². The molecule has 1 saturated heterocycles. The van der Waals surface area contributed by atoms with Crippen LogP contribution in [0.4, 0.5) is 27.5 Å². The monoisotopic (exact) mass is 427 g/mol. The lowest BCUT2D eigenvalue weighted by Gasteiger charge is -2.30. The highest BCUT2D eigenvalue weighted by Crippen LogP contribution is 2.26. The molecular weight excluding hydrogens is 409 g/mol. The number of morpholine rings is 1. The number of carboxylic acids is 1. The van der Waals surface area contributed by atoms with E-state index in [0.717, 1.165) is 0 Å². The molecule has 1 aliphatic rings. The van der Waals surface area contributed by atoms with Gasteiger partial charge in [-0.05, 0) is 30.3 Å². The molecule has 0 radical (unpaired) electrons. The molecule has 3 N–H and O–H groups in total. The lowest BCUT2D eigenvalue weighted by Crippen LogP contribution is -2.37. The van der Waals surface area contributed by atoms with Crippen LogP contribution >= 0.6 is 0 Å². The van der Waals surface area contributed by atoms with Crippen molar-refractivity contribution in [3.8, 4) is 0 Å². The number of hydrogen-bond donors (Lipinski definition) is 3. The van der Waals surface area contributed by atoms with Gasteiger partial charge in [0.15, 0.2) is 0 Å². The summed E-state index contributed by atoms with van der Waals surface area (Å²) in [7, 11) is 0. The van der Waals surface area contributed by atoms with Gasteiger partial charge in [0, 0.05) is 18.8 Å². The zero-order chi connectivity index (χ0) is 21.8. The van der Waals surface area contributed by atoms with Gasteiger partial charge in [-0.15, -0.1) is 5.10 Å². The normalized spacial score (nSPS) is 13.6. The second-order valence-electron chi connectivity index (χ2n) is 6.61. The minimum absolute atomic E-state index is 0.0483. The Morgan fingerprint density at radius 2 is 1.87 bits per heavy atom. The van der Waals surface area contributed by atoms with Crippen molar-refractivity contribution in [2.45, 2.75) is 0 Å². The van der Waals surface area contributed by atoms with Crippen LogP contribution in [0, 0.1) is 5.82 Å². The van der Waals surface area contributed by atoms with Crippen molar-refractivity contribution in [1.82, 2.24) is 10.2 Å². The van der Waals surface area contributed by atoms with E-state index in [1.54, 1.807) is 18.2 Å². The summed E-state index contributed by atoms with van der Waals surface area (Å²) < 4.78 is 24.2. The Balaban J connectivity index is 1.48. The van der Waals surface area contributed by atoms with Crippen molar-refractivity contribution >= 4 is 35.0 Å². The molecule has 1 fully saturated rings. The molecule has 0 spiro atoms. The van der Waals surface area contributed by atoms with Crippen molar-refractivity contribution < 1.29 is 28.2 Å². The number of rotatable bonds is 6. The molecule has 3 aromatic rings. The number of benzene rings is 2. The summed E-state index contributed by atoms with van der Waals surface area (Å²) in [5, 5.41) is 22.0. The highest BCUT2D eigenvalue weighted by Gasteiger charge is 2.21. The number of para-hydroxylation sites is 1. The van der Waals surface area contributed by atoms with Crippen LogP contribution in [-0.4, -0.2) is 53.5 Å². The Morgan fingerprint density at radius 3 is 2.61 bits per heavy atom. The third kappa shape index (κ3) is 4.61. The van der Waals surface area contributed by atoms with Gasteiger partial charge in [0.05, 0.1) is 30.2 Å². The largest absolute Gasteiger partial charge is 0.478 e. The molecule has 2 heterocycles. The quantitative estimate of drug-likeness (QED) is 0.544. The molecule has 4 rings (SSSR count). The van der Waals surface area contributed by atoms with Gasteiger partial charge >= 0.3 is 23.8 Å². The maximum absolute atomic E-state index is 13.7. The summed E-state index contributed by atoms with van der Waals surface area (Å²) in [6, 6.07) is 10.3. The topological polar surface area (TPSA) is 130 Å². The van der Waals surface area contributed by atoms with Crippen molar-refractivity contribution in [1.29, 1.82) is 0 Å². The highest BCUT2D eigenvalue weighted by molar-refractivity contribution is 6.03. The zero-order valence-electron chi connectivity index (χ0n) is 16.2. The van der Waals surface area contributed by atoms with Crippen LogP contribution in [0.15, 0.2) is 46.9 Å². The van der Waals surface area contributed by atoms with E-state index < -0.39 is 17.7 Å². The molecule has 10 nitrogen and oxygen atoms in total. The second kappa shape index (κ2) is 8.79. The van der Waals surface area contributed by atoms with E-state index in [9.17, 15) is 19.1 Å². The summed E-state index contributed by atoms with van der Waals surface area (Å²) >= 11 is 0. The Bertz CT molecular complexity index is 1110. The number of nitrogens with one attached hydrogen (secondary N) is 2. The van der Waals surface area contributed by atoms with Crippen LogP contribution in [-0.2, 0) is 4.74 Å². The summed E-state index contributed by atoms with van der Waals surface area (Å²) in [4.78, 5) is 26.1. The van der Waals surface area contributed by atoms with Gasteiger partial charge in [-0.3, -0.25) is 4.79 Å². The average Bonchev–Trinajstić information content (AvgIpc) is 3.25. The summed E-state index contributed by atoms with van der Waals surface area (Å²) in [5.41, 5.74) is 0.958. The molecule has 1 aliphatic heterocycles. The number of anilines is 4. The van der Waals surface area contributed by atoms with Gasteiger partial charge in [-0.1, -0.05) is 17.2 Å². The Hall–Kier alpha value is -3.99. The van der Waals surface area contributed by atoms with Crippen LogP contribution < -0.4 is 15.5 Å². The number of carbonyl (C=O) groups excluding carboxylic acids is 1. The predicted octanol–water partition coefficient (Wildman–Crippen LogP) is 2.74. The van der Waals surface area contributed by atoms with E-state index in [4.69, 9.17) is 9.15 Å². The van der Waals surface area contributed by atoms with Gasteiger partial charge in [-0.25, -0.2) is 9.18 Å². The number of hydrogen-bond acceptors (Lipinski definition) is 8. The molecule has 2 aromatic carbocycles. The minimum Gasteiger partial charge on any atom is -0.478 e. The summed E-state index contributed by atoms with van der Waals surface area (Å²) in [5.74, 6) is -2.74. The van der Waals surface area contributed by atoms with E-state index in [1.807, 2.05) is 4.90 Å². The smallest absolute Gasteiger partial charge is 0.337 e. The lowest BCUT2D eigenvalue weighted by molar-refractivity contribution is 0.0696. The molecule has 160 valence electrons. The highest BCUT2D eigenvalue weighted by atomic mass is 19.1. The number of amides is 1. The fourth-order valence-corrected chi connectivity index (χ4v) is 3.09. The first-order chi connectivity index (χ1) is 15.0. The maximum atomic E-state index is 13.7. The summed E-state index contributed by atoms with van der Waals surface area (Å²) in [6.07, 6.45) is 0. The van der Waals surface area contributed by atoms with Gasteiger partial charge in [0.25, 0.3) is 0 Å². The van der Waals surface area contributed by atoms with Crippen molar-refractivity contribution in [2.24, 2.45) is 0 Å². The number of nitrogens with zero attached hydrogens (tertiary/aromatic N) is 3. The average molecular weight is 427 g/mol. The van der Waals surface area contributed by atoms with E-state index in [-0.39, 0.29) is 28.8 Å². The molecule has 11 heteroatoms. The molecular formula is C20H18FN5O5. The van der Waals surface area contributed by atoms with E-state index >= 15 is 0 Å². The van der Waals surface area contributed by atoms with Crippen LogP contribution in [0.5, 0.6) is 0 Å². The molecule has 1 aromatic heterocycles. The minimum atomic E-state index is -1.12. The van der Waals surface area contributed by atoms with Crippen molar-refractivity contribution in [3.63, 3.8) is 0 Å². The molecule has 0 atom stereocenters. The molecule has 31 heavy (non-hydrogen) atoms. The molecule has 0 aliphatic carbocycles. The number of carbonyl (C=O) groups is 2. The van der Waals surface area contributed by atoms with Crippen LogP contribution in [0.1, 0.15) is 21.0 Å². The Kier molecular flexibility index (Phi) is 5.76. The Labute approximate surface area is 175 Å². The first kappa shape index (κ1) is 20.3. The van der Waals surface area contributed by atoms with E-state index in [2.05, 4.69) is 20.8 Å². The van der Waals surface area contributed by atoms with Crippen LogP contribution in [0.3, 0.4) is 0 Å². The molecule has 0 bridgehead atoms. The standard InChI is InChI=1S/C20H18FN5O5/c21-14-3-1-2-4-15(14)23-20-25-24-18(31-20)17(27)22-12-5-6-16(13(11-12)19(28)29)26-7-9-30-10-8-26/h1-6,11H,7-10H2,(H,22,27)(H,23,25)(H,28,29). The SMILES string of the molecule is O=C(Nc1ccc(N2CCOCC2)c(C(=O)O)c1)c1nnc(Nc2ccccc2F)o1. The van der Waals surface area contributed by atoms with Gasteiger partial charge < -0.3 is 29.8 Å². The van der Waals surface area contributed by atoms with Gasteiger partial charge in [0.1, 0.15) is 5.82 Å². The predicted molar refractivity (Wildman–Crippen MR) is 108 cm³/mol. The second-order valence-corrected chi connectivity index (χ2v) is 6.61. The third-order valence-corrected chi connectivity index (χ3v) is 4.57. The lowest BCUT2D eigenvalue weighted by atomic mass is 10.1. The fourth-order valence-electron chi connectivity index (χ4n) is 3.09. The van der Waals surface area contributed by atoms with Gasteiger partial charge in [-0.2, -0.15) is 0 Å².